The van der Waals surface area contributed by atoms with Gasteiger partial charge in [0.15, 0.2) is 5.67 Å². The molecule has 1 saturated heterocycles. The molecule has 2 amide bonds. The zero-order valence-corrected chi connectivity index (χ0v) is 16.0. The number of nitrogens with zero attached hydrogens (tertiary/aromatic N) is 1. The number of likely N-dealkylation sites (tertiary alicyclic amines) is 1. The van der Waals surface area contributed by atoms with Crippen molar-refractivity contribution in [3.05, 3.63) is 59.2 Å². The van der Waals surface area contributed by atoms with Crippen molar-refractivity contribution in [2.45, 2.75) is 24.6 Å². The normalized spacial score (nSPS) is 21.8. The molecular weight excluding hydrogens is 394 g/mol. The molecule has 0 radical (unpaired) electrons. The smallest absolute Gasteiger partial charge is 0.326 e. The lowest BCUT2D eigenvalue weighted by molar-refractivity contribution is -0.147. The maximum atomic E-state index is 14.3. The third kappa shape index (κ3) is 3.53. The van der Waals surface area contributed by atoms with E-state index >= 15 is 0 Å². The molecule has 1 fully saturated rings. The minimum atomic E-state index is -2.38. The minimum Gasteiger partial charge on any atom is -0.480 e. The van der Waals surface area contributed by atoms with Gasteiger partial charge in [-0.2, -0.15) is 0 Å². The van der Waals surface area contributed by atoms with Gasteiger partial charge in [0.05, 0.1) is 13.1 Å². The van der Waals surface area contributed by atoms with E-state index in [9.17, 15) is 28.3 Å². The molecule has 0 unspecified atom stereocenters. The Bertz CT molecular complexity index is 1040. The van der Waals surface area contributed by atoms with E-state index < -0.39 is 55.7 Å². The number of amides is 2. The summed E-state index contributed by atoms with van der Waals surface area (Å²) in [6.45, 7) is -2.52. The molecule has 1 aliphatic heterocycles. The van der Waals surface area contributed by atoms with Gasteiger partial charge in [-0.3, -0.25) is 9.59 Å². The fourth-order valence-corrected chi connectivity index (χ4v) is 4.14. The van der Waals surface area contributed by atoms with Crippen molar-refractivity contribution in [1.29, 1.82) is 0 Å². The first kappa shape index (κ1) is 20.0. The van der Waals surface area contributed by atoms with Crippen molar-refractivity contribution in [3.63, 3.8) is 0 Å². The average Bonchev–Trinajstić information content (AvgIpc) is 3.30. The van der Waals surface area contributed by atoms with Crippen LogP contribution in [0.5, 0.6) is 0 Å². The monoisotopic (exact) mass is 414 g/mol. The number of carboxylic acids is 1. The summed E-state index contributed by atoms with van der Waals surface area (Å²) in [6.07, 6.45) is 0.180. The zero-order valence-electron chi connectivity index (χ0n) is 16.0. The highest BCUT2D eigenvalue weighted by molar-refractivity contribution is 5.98. The van der Waals surface area contributed by atoms with Crippen LogP contribution in [0.3, 0.4) is 0 Å². The van der Waals surface area contributed by atoms with E-state index in [0.717, 1.165) is 28.0 Å². The Labute approximate surface area is 171 Å². The van der Waals surface area contributed by atoms with Crippen molar-refractivity contribution < 1.29 is 28.3 Å². The van der Waals surface area contributed by atoms with Crippen molar-refractivity contribution in [1.82, 2.24) is 10.2 Å². The number of carboxylic acid groups (broad SMARTS) is 1. The Balaban J connectivity index is 1.44. The lowest BCUT2D eigenvalue weighted by Gasteiger charge is -2.21. The number of hydrogen-bond acceptors (Lipinski definition) is 3. The number of nitrogens with one attached hydrogen (secondary N) is 1. The number of aliphatic carboxylic acids is 1. The number of halogens is 2. The van der Waals surface area contributed by atoms with Crippen LogP contribution in [0.25, 0.3) is 11.1 Å². The van der Waals surface area contributed by atoms with Gasteiger partial charge in [0.25, 0.3) is 5.91 Å². The van der Waals surface area contributed by atoms with Crippen LogP contribution in [-0.4, -0.2) is 59.3 Å². The maximum Gasteiger partial charge on any atom is 0.326 e. The van der Waals surface area contributed by atoms with Crippen LogP contribution in [0, 0.1) is 0 Å². The van der Waals surface area contributed by atoms with Crippen molar-refractivity contribution in [2.24, 2.45) is 0 Å². The Kier molecular flexibility index (Phi) is 5.01. The molecule has 156 valence electrons. The topological polar surface area (TPSA) is 86.7 Å². The highest BCUT2D eigenvalue weighted by Crippen LogP contribution is 2.37. The summed E-state index contributed by atoms with van der Waals surface area (Å²) in [6, 6.07) is 11.7. The Morgan fingerprint density at radius 1 is 1.13 bits per heavy atom. The fraction of sp³-hybridized carbons (Fsp3) is 0.318. The molecule has 0 bridgehead atoms. The average molecular weight is 414 g/mol. The summed E-state index contributed by atoms with van der Waals surface area (Å²) >= 11 is 0. The van der Waals surface area contributed by atoms with Crippen molar-refractivity contribution >= 4 is 17.8 Å². The van der Waals surface area contributed by atoms with Gasteiger partial charge in [0, 0.05) is 12.0 Å². The molecule has 0 saturated carbocycles. The Morgan fingerprint density at radius 2 is 1.87 bits per heavy atom. The van der Waals surface area contributed by atoms with Gasteiger partial charge in [0.1, 0.15) is 12.7 Å². The Hall–Kier alpha value is -3.29. The molecule has 2 atom stereocenters. The summed E-state index contributed by atoms with van der Waals surface area (Å²) in [4.78, 5) is 37.0. The molecule has 2 aromatic rings. The first-order valence-electron chi connectivity index (χ1n) is 9.58. The highest BCUT2D eigenvalue weighted by atomic mass is 19.2. The lowest BCUT2D eigenvalue weighted by Crippen LogP contribution is -2.46. The number of rotatable bonds is 5. The summed E-state index contributed by atoms with van der Waals surface area (Å²) in [7, 11) is 0. The van der Waals surface area contributed by atoms with E-state index in [4.69, 9.17) is 0 Å². The van der Waals surface area contributed by atoms with Gasteiger partial charge in [-0.05, 0) is 40.8 Å². The molecule has 8 heteroatoms. The first-order chi connectivity index (χ1) is 14.3. The summed E-state index contributed by atoms with van der Waals surface area (Å²) in [5.41, 5.74) is 2.28. The summed E-state index contributed by atoms with van der Waals surface area (Å²) in [5.74, 6) is -2.67. The molecule has 0 spiro atoms. The van der Waals surface area contributed by atoms with Crippen LogP contribution in [0.2, 0.25) is 0 Å². The quantitative estimate of drug-likeness (QED) is 0.671. The SMILES string of the molecule is O=C(NCC(=O)N1C[C@@](F)(CF)C[C@H]1C(=O)O)c1ccc2c(c1)-c1ccccc1C2. The van der Waals surface area contributed by atoms with E-state index in [-0.39, 0.29) is 0 Å². The molecular formula is C22H20F2N2O4. The molecule has 4 rings (SSSR count). The second kappa shape index (κ2) is 7.51. The molecule has 1 aliphatic carbocycles. The second-order valence-corrected chi connectivity index (χ2v) is 7.75. The first-order valence-corrected chi connectivity index (χ1v) is 9.58. The summed E-state index contributed by atoms with van der Waals surface area (Å²) < 4.78 is 27.2. The van der Waals surface area contributed by atoms with Crippen LogP contribution in [-0.2, 0) is 16.0 Å². The van der Waals surface area contributed by atoms with Crippen molar-refractivity contribution in [2.75, 3.05) is 19.8 Å². The molecule has 30 heavy (non-hydrogen) atoms. The standard InChI is InChI=1S/C22H20F2N2O4/c23-11-22(24)9-18(21(29)30)26(12-22)19(27)10-25-20(28)15-6-5-14-7-13-3-1-2-4-16(13)17(14)8-15/h1-6,8,18H,7,9-12H2,(H,25,28)(H,29,30)/t18-,22-/m0/s1. The van der Waals surface area contributed by atoms with Crippen LogP contribution < -0.4 is 5.32 Å². The molecule has 2 aliphatic rings. The van der Waals surface area contributed by atoms with Gasteiger partial charge in [-0.15, -0.1) is 0 Å². The number of carbonyl (C=O) groups is 3. The van der Waals surface area contributed by atoms with E-state index in [1.165, 1.54) is 5.56 Å². The minimum absolute atomic E-state index is 0.359. The predicted molar refractivity (Wildman–Crippen MR) is 105 cm³/mol. The molecule has 0 aromatic heterocycles. The lowest BCUT2D eigenvalue weighted by atomic mass is 10.0. The second-order valence-electron chi connectivity index (χ2n) is 7.75. The fourth-order valence-electron chi connectivity index (χ4n) is 4.14. The van der Waals surface area contributed by atoms with E-state index in [0.29, 0.717) is 5.56 Å². The summed E-state index contributed by atoms with van der Waals surface area (Å²) in [5, 5.41) is 11.7. The van der Waals surface area contributed by atoms with Gasteiger partial charge >= 0.3 is 5.97 Å². The third-order valence-electron chi connectivity index (χ3n) is 5.69. The number of benzene rings is 2. The molecule has 2 N–H and O–H groups in total. The van der Waals surface area contributed by atoms with Crippen LogP contribution in [0.4, 0.5) is 8.78 Å². The largest absolute Gasteiger partial charge is 0.480 e. The van der Waals surface area contributed by atoms with E-state index in [1.807, 2.05) is 30.3 Å². The Morgan fingerprint density at radius 3 is 2.60 bits per heavy atom. The van der Waals surface area contributed by atoms with Crippen LogP contribution in [0.1, 0.15) is 27.9 Å². The molecule has 1 heterocycles. The molecule has 2 aromatic carbocycles. The van der Waals surface area contributed by atoms with Gasteiger partial charge in [0.2, 0.25) is 5.91 Å². The number of fused-ring (bicyclic) bond motifs is 3. The van der Waals surface area contributed by atoms with Gasteiger partial charge in [-0.25, -0.2) is 13.6 Å². The van der Waals surface area contributed by atoms with E-state index in [1.54, 1.807) is 12.1 Å². The number of alkyl halides is 2. The zero-order chi connectivity index (χ0) is 21.5. The third-order valence-corrected chi connectivity index (χ3v) is 5.69. The van der Waals surface area contributed by atoms with Crippen LogP contribution >= 0.6 is 0 Å². The predicted octanol–water partition coefficient (Wildman–Crippen LogP) is 2.35. The highest BCUT2D eigenvalue weighted by Gasteiger charge is 2.49. The van der Waals surface area contributed by atoms with Gasteiger partial charge in [-0.1, -0.05) is 30.3 Å². The van der Waals surface area contributed by atoms with Crippen LogP contribution in [0.15, 0.2) is 42.5 Å². The van der Waals surface area contributed by atoms with Crippen molar-refractivity contribution in [3.8, 4) is 11.1 Å². The van der Waals surface area contributed by atoms with E-state index in [2.05, 4.69) is 5.32 Å². The maximum absolute atomic E-state index is 14.3. The van der Waals surface area contributed by atoms with Gasteiger partial charge < -0.3 is 15.3 Å². The molecule has 6 nitrogen and oxygen atoms in total. The number of carbonyl (C=O) groups excluding carboxylic acids is 2. The number of hydrogen-bond donors (Lipinski definition) is 2.